The van der Waals surface area contributed by atoms with E-state index in [1.807, 2.05) is 25.1 Å². The van der Waals surface area contributed by atoms with Gasteiger partial charge in [0.1, 0.15) is 5.82 Å². The number of nitrogens with one attached hydrogen (secondary N) is 1. The van der Waals surface area contributed by atoms with Crippen LogP contribution in [0.4, 0.5) is 4.39 Å². The van der Waals surface area contributed by atoms with Crippen LogP contribution in [0.2, 0.25) is 0 Å². The van der Waals surface area contributed by atoms with Crippen molar-refractivity contribution >= 4 is 15.9 Å². The number of rotatable bonds is 4. The molecule has 0 saturated carbocycles. The fraction of sp³-hybridized carbons (Fsp3) is 0.214. The highest BCUT2D eigenvalue weighted by Crippen LogP contribution is 2.20. The van der Waals surface area contributed by atoms with Crippen LogP contribution in [0.25, 0.3) is 0 Å². The molecule has 1 atom stereocenters. The van der Waals surface area contributed by atoms with Gasteiger partial charge in [0, 0.05) is 22.8 Å². The minimum atomic E-state index is -0.251. The van der Waals surface area contributed by atoms with Crippen molar-refractivity contribution in [1.29, 1.82) is 0 Å². The van der Waals surface area contributed by atoms with Gasteiger partial charge in [-0.15, -0.1) is 0 Å². The third kappa shape index (κ3) is 3.83. The zero-order valence-corrected chi connectivity index (χ0v) is 12.1. The predicted molar refractivity (Wildman–Crippen MR) is 76.8 cm³/mol. The highest BCUT2D eigenvalue weighted by molar-refractivity contribution is 9.10. The smallest absolute Gasteiger partial charge is 0.123 e. The summed E-state index contributed by atoms with van der Waals surface area (Å²) in [5, 5.41) is 0. The Kier molecular flexibility index (Phi) is 4.63. The first-order chi connectivity index (χ1) is 9.08. The van der Waals surface area contributed by atoms with Crippen molar-refractivity contribution in [2.24, 2.45) is 5.84 Å². The minimum Gasteiger partial charge on any atom is -0.271 e. The normalized spacial score (nSPS) is 12.4. The Bertz CT molecular complexity index is 537. The molecule has 0 aliphatic rings. The lowest BCUT2D eigenvalue weighted by atomic mass is 10.0. The van der Waals surface area contributed by atoms with E-state index in [0.29, 0.717) is 6.42 Å². The highest BCUT2D eigenvalue weighted by Gasteiger charge is 2.13. The van der Waals surface area contributed by atoms with Gasteiger partial charge in [-0.1, -0.05) is 6.07 Å². The van der Waals surface area contributed by atoms with Crippen molar-refractivity contribution in [2.75, 3.05) is 0 Å². The van der Waals surface area contributed by atoms with Crippen LogP contribution in [0.3, 0.4) is 0 Å². The molecule has 0 aliphatic carbocycles. The second-order valence-corrected chi connectivity index (χ2v) is 5.37. The third-order valence-corrected chi connectivity index (χ3v) is 3.34. The summed E-state index contributed by atoms with van der Waals surface area (Å²) in [7, 11) is 0. The van der Waals surface area contributed by atoms with Gasteiger partial charge >= 0.3 is 0 Å². The van der Waals surface area contributed by atoms with Crippen molar-refractivity contribution in [1.82, 2.24) is 10.4 Å². The van der Waals surface area contributed by atoms with Gasteiger partial charge in [0.15, 0.2) is 0 Å². The van der Waals surface area contributed by atoms with E-state index in [9.17, 15) is 4.39 Å². The summed E-state index contributed by atoms with van der Waals surface area (Å²) >= 11 is 3.34. The number of halogens is 2. The zero-order valence-electron chi connectivity index (χ0n) is 10.5. The van der Waals surface area contributed by atoms with Crippen molar-refractivity contribution < 1.29 is 4.39 Å². The molecule has 3 nitrogen and oxygen atoms in total. The molecule has 0 bridgehead atoms. The monoisotopic (exact) mass is 323 g/mol. The molecule has 1 aromatic heterocycles. The average Bonchev–Trinajstić information content (AvgIpc) is 2.37. The Hall–Kier alpha value is -1.30. The molecule has 1 heterocycles. The van der Waals surface area contributed by atoms with Crippen LogP contribution in [-0.2, 0) is 6.42 Å². The molecule has 5 heteroatoms. The van der Waals surface area contributed by atoms with Crippen molar-refractivity contribution in [2.45, 2.75) is 19.4 Å². The standard InChI is InChI=1S/C14H15BrFN3/c1-9-4-10(6-12(16)5-9)14(19-17)7-13-3-2-11(15)8-18-13/h2-6,8,14,19H,7,17H2,1H3. The quantitative estimate of drug-likeness (QED) is 0.671. The number of hydrazine groups is 1. The number of nitrogens with zero attached hydrogens (tertiary/aromatic N) is 1. The Labute approximate surface area is 120 Å². The van der Waals surface area contributed by atoms with Gasteiger partial charge in [-0.25, -0.2) is 4.39 Å². The predicted octanol–water partition coefficient (Wildman–Crippen LogP) is 3.04. The van der Waals surface area contributed by atoms with Crippen LogP contribution in [-0.4, -0.2) is 4.98 Å². The summed E-state index contributed by atoms with van der Waals surface area (Å²) in [6.45, 7) is 1.86. The van der Waals surface area contributed by atoms with Gasteiger partial charge in [-0.3, -0.25) is 16.3 Å². The zero-order chi connectivity index (χ0) is 13.8. The number of hydrogen-bond donors (Lipinski definition) is 2. The second-order valence-electron chi connectivity index (χ2n) is 4.45. The first-order valence-corrected chi connectivity index (χ1v) is 6.71. The van der Waals surface area contributed by atoms with Gasteiger partial charge in [-0.2, -0.15) is 0 Å². The lowest BCUT2D eigenvalue weighted by Crippen LogP contribution is -2.30. The van der Waals surface area contributed by atoms with Crippen LogP contribution < -0.4 is 11.3 Å². The Morgan fingerprint density at radius 1 is 1.37 bits per heavy atom. The number of nitrogens with two attached hydrogens (primary N) is 1. The molecule has 0 amide bonds. The Morgan fingerprint density at radius 3 is 2.74 bits per heavy atom. The van der Waals surface area contributed by atoms with E-state index in [-0.39, 0.29) is 11.9 Å². The van der Waals surface area contributed by atoms with Crippen molar-refractivity contribution in [3.63, 3.8) is 0 Å². The fourth-order valence-corrected chi connectivity index (χ4v) is 2.21. The first kappa shape index (κ1) is 14.1. The molecule has 1 aromatic carbocycles. The number of aromatic nitrogens is 1. The first-order valence-electron chi connectivity index (χ1n) is 5.92. The second kappa shape index (κ2) is 6.23. The molecule has 2 rings (SSSR count). The summed E-state index contributed by atoms with van der Waals surface area (Å²) in [6, 6.07) is 8.59. The highest BCUT2D eigenvalue weighted by atomic mass is 79.9. The van der Waals surface area contributed by atoms with Crippen LogP contribution in [0, 0.1) is 12.7 Å². The topological polar surface area (TPSA) is 50.9 Å². The maximum Gasteiger partial charge on any atom is 0.123 e. The molecular weight excluding hydrogens is 309 g/mol. The molecule has 0 spiro atoms. The summed E-state index contributed by atoms with van der Waals surface area (Å²) in [5.74, 6) is 5.32. The lowest BCUT2D eigenvalue weighted by Gasteiger charge is -2.16. The molecule has 19 heavy (non-hydrogen) atoms. The molecule has 3 N–H and O–H groups in total. The number of pyridine rings is 1. The Morgan fingerprint density at radius 2 is 2.16 bits per heavy atom. The van der Waals surface area contributed by atoms with E-state index < -0.39 is 0 Å². The number of benzene rings is 1. The van der Waals surface area contributed by atoms with Crippen LogP contribution in [0.1, 0.15) is 22.9 Å². The Balaban J connectivity index is 2.22. The minimum absolute atomic E-state index is 0.164. The van der Waals surface area contributed by atoms with E-state index in [4.69, 9.17) is 5.84 Å². The van der Waals surface area contributed by atoms with E-state index in [1.54, 1.807) is 6.20 Å². The molecule has 0 saturated heterocycles. The molecule has 0 fully saturated rings. The number of aryl methyl sites for hydroxylation is 1. The van der Waals surface area contributed by atoms with Gasteiger partial charge in [-0.05, 0) is 58.2 Å². The summed E-state index contributed by atoms with van der Waals surface area (Å²) < 4.78 is 14.4. The average molecular weight is 324 g/mol. The molecule has 1 unspecified atom stereocenters. The maximum atomic E-state index is 13.4. The van der Waals surface area contributed by atoms with Gasteiger partial charge in [0.25, 0.3) is 0 Å². The molecule has 0 aliphatic heterocycles. The van der Waals surface area contributed by atoms with Crippen molar-refractivity contribution in [3.8, 4) is 0 Å². The van der Waals surface area contributed by atoms with Crippen LogP contribution in [0.15, 0.2) is 41.0 Å². The van der Waals surface area contributed by atoms with Gasteiger partial charge in [0.05, 0.1) is 6.04 Å². The summed E-state index contributed by atoms with van der Waals surface area (Å²) in [4.78, 5) is 4.30. The van der Waals surface area contributed by atoms with E-state index >= 15 is 0 Å². The number of hydrogen-bond acceptors (Lipinski definition) is 3. The lowest BCUT2D eigenvalue weighted by molar-refractivity contribution is 0.538. The summed E-state index contributed by atoms with van der Waals surface area (Å²) in [6.07, 6.45) is 2.34. The largest absolute Gasteiger partial charge is 0.271 e. The van der Waals surface area contributed by atoms with E-state index in [1.165, 1.54) is 12.1 Å². The van der Waals surface area contributed by atoms with E-state index in [2.05, 4.69) is 26.3 Å². The van der Waals surface area contributed by atoms with Gasteiger partial charge in [0.2, 0.25) is 0 Å². The van der Waals surface area contributed by atoms with Gasteiger partial charge < -0.3 is 0 Å². The SMILES string of the molecule is Cc1cc(F)cc(C(Cc2ccc(Br)cn2)NN)c1. The third-order valence-electron chi connectivity index (χ3n) is 2.87. The van der Waals surface area contributed by atoms with Crippen LogP contribution in [0.5, 0.6) is 0 Å². The molecular formula is C14H15BrFN3. The van der Waals surface area contributed by atoms with Crippen LogP contribution >= 0.6 is 15.9 Å². The fourth-order valence-electron chi connectivity index (χ4n) is 1.98. The molecule has 100 valence electrons. The maximum absolute atomic E-state index is 13.4. The molecule has 0 radical (unpaired) electrons. The summed E-state index contributed by atoms with van der Waals surface area (Å²) in [5.41, 5.74) is 5.31. The van der Waals surface area contributed by atoms with Crippen molar-refractivity contribution in [3.05, 3.63) is 63.6 Å². The molecule has 2 aromatic rings. The van der Waals surface area contributed by atoms with E-state index in [0.717, 1.165) is 21.3 Å².